The molecule has 3 heterocycles. The lowest BCUT2D eigenvalue weighted by atomic mass is 9.72. The second-order valence-electron chi connectivity index (χ2n) is 7.24. The molecule has 0 saturated carbocycles. The van der Waals surface area contributed by atoms with E-state index in [4.69, 9.17) is 4.74 Å². The minimum absolute atomic E-state index is 0.173. The van der Waals surface area contributed by atoms with Crippen LogP contribution in [-0.2, 0) is 19.7 Å². The number of carbonyl (C=O) groups excluding carboxylic acids is 3. The Labute approximate surface area is 175 Å². The summed E-state index contributed by atoms with van der Waals surface area (Å²) in [5, 5.41) is 0.0983. The number of nitrogens with zero attached hydrogens (tertiary/aromatic N) is 1. The van der Waals surface area contributed by atoms with Gasteiger partial charge < -0.3 is 9.72 Å². The van der Waals surface area contributed by atoms with Crippen molar-refractivity contribution in [3.8, 4) is 0 Å². The Bertz CT molecular complexity index is 1060. The SMILES string of the molecule is CCOC(=O)c1ccc(N2C(=O)[C@@H]3Sc4[nH]c(=O)sc4[C@](C)(CC)[C@H]3C2=O)cc1. The Morgan fingerprint density at radius 3 is 2.48 bits per heavy atom. The fourth-order valence-corrected chi connectivity index (χ4v) is 6.83. The minimum Gasteiger partial charge on any atom is -0.462 e. The Morgan fingerprint density at radius 2 is 1.86 bits per heavy atom. The molecular formula is C20H20N2O5S2. The van der Waals surface area contributed by atoms with E-state index in [9.17, 15) is 19.2 Å². The summed E-state index contributed by atoms with van der Waals surface area (Å²) in [6.45, 7) is 5.91. The summed E-state index contributed by atoms with van der Waals surface area (Å²) in [5.74, 6) is -1.57. The summed E-state index contributed by atoms with van der Waals surface area (Å²) >= 11 is 2.38. The van der Waals surface area contributed by atoms with E-state index < -0.39 is 22.6 Å². The molecular weight excluding hydrogens is 412 g/mol. The molecule has 9 heteroatoms. The third kappa shape index (κ3) is 2.95. The number of rotatable bonds is 4. The van der Waals surface area contributed by atoms with Crippen LogP contribution in [0, 0.1) is 5.92 Å². The van der Waals surface area contributed by atoms with Crippen LogP contribution in [0.5, 0.6) is 0 Å². The molecule has 0 radical (unpaired) electrons. The molecule has 0 unspecified atom stereocenters. The highest BCUT2D eigenvalue weighted by Gasteiger charge is 2.60. The number of aromatic amines is 1. The van der Waals surface area contributed by atoms with E-state index in [2.05, 4.69) is 4.98 Å². The minimum atomic E-state index is -0.596. The summed E-state index contributed by atoms with van der Waals surface area (Å²) < 4.78 is 4.97. The summed E-state index contributed by atoms with van der Waals surface area (Å²) in [7, 11) is 0. The number of anilines is 1. The Morgan fingerprint density at radius 1 is 1.17 bits per heavy atom. The van der Waals surface area contributed by atoms with Crippen molar-refractivity contribution in [2.75, 3.05) is 11.5 Å². The molecule has 2 amide bonds. The number of H-pyrrole nitrogens is 1. The van der Waals surface area contributed by atoms with Gasteiger partial charge in [0.15, 0.2) is 0 Å². The first-order valence-corrected chi connectivity index (χ1v) is 11.1. The van der Waals surface area contributed by atoms with Gasteiger partial charge in [-0.1, -0.05) is 36.9 Å². The van der Waals surface area contributed by atoms with Crippen molar-refractivity contribution in [2.45, 2.75) is 42.9 Å². The van der Waals surface area contributed by atoms with Crippen LogP contribution in [0.1, 0.15) is 42.4 Å². The molecule has 152 valence electrons. The smallest absolute Gasteiger partial charge is 0.338 e. The Balaban J connectivity index is 1.71. The lowest BCUT2D eigenvalue weighted by molar-refractivity contribution is -0.123. The molecule has 1 aromatic carbocycles. The van der Waals surface area contributed by atoms with Gasteiger partial charge in [-0.3, -0.25) is 14.4 Å². The van der Waals surface area contributed by atoms with Crippen LogP contribution in [0.25, 0.3) is 0 Å². The number of ether oxygens (including phenoxy) is 1. The Kier molecular flexibility index (Phi) is 4.90. The van der Waals surface area contributed by atoms with E-state index in [1.165, 1.54) is 16.7 Å². The van der Waals surface area contributed by atoms with Crippen LogP contribution < -0.4 is 9.77 Å². The number of hydrogen-bond acceptors (Lipinski definition) is 7. The molecule has 4 rings (SSSR count). The molecule has 1 fully saturated rings. The van der Waals surface area contributed by atoms with Crippen LogP contribution in [0.3, 0.4) is 0 Å². The average molecular weight is 433 g/mol. The zero-order chi connectivity index (χ0) is 20.9. The number of hydrogen-bond donors (Lipinski definition) is 1. The third-order valence-electron chi connectivity index (χ3n) is 5.69. The van der Waals surface area contributed by atoms with Crippen LogP contribution in [0.15, 0.2) is 34.1 Å². The number of thiazole rings is 1. The van der Waals surface area contributed by atoms with E-state index in [0.29, 0.717) is 22.7 Å². The molecule has 2 aliphatic rings. The quantitative estimate of drug-likeness (QED) is 0.589. The predicted molar refractivity (Wildman–Crippen MR) is 111 cm³/mol. The highest BCUT2D eigenvalue weighted by Crippen LogP contribution is 2.55. The Hall–Kier alpha value is -2.39. The first-order valence-electron chi connectivity index (χ1n) is 9.37. The summed E-state index contributed by atoms with van der Waals surface area (Å²) in [6, 6.07) is 6.28. The summed E-state index contributed by atoms with van der Waals surface area (Å²) in [5.41, 5.74) is 0.194. The monoisotopic (exact) mass is 432 g/mol. The third-order valence-corrected chi connectivity index (χ3v) is 8.25. The van der Waals surface area contributed by atoms with Crippen LogP contribution in [0.2, 0.25) is 0 Å². The van der Waals surface area contributed by atoms with Crippen LogP contribution >= 0.6 is 23.1 Å². The number of fused-ring (bicyclic) bond motifs is 2. The topological polar surface area (TPSA) is 96.5 Å². The normalized spacial score (nSPS) is 25.7. The maximum atomic E-state index is 13.4. The molecule has 1 saturated heterocycles. The predicted octanol–water partition coefficient (Wildman–Crippen LogP) is 2.94. The number of thioether (sulfide) groups is 1. The van der Waals surface area contributed by atoms with Crippen molar-refractivity contribution in [1.82, 2.24) is 4.98 Å². The fraction of sp³-hybridized carbons (Fsp3) is 0.400. The molecule has 2 aromatic rings. The van der Waals surface area contributed by atoms with Gasteiger partial charge in [0, 0.05) is 10.3 Å². The molecule has 0 aliphatic carbocycles. The maximum absolute atomic E-state index is 13.4. The lowest BCUT2D eigenvalue weighted by Crippen LogP contribution is -2.43. The van der Waals surface area contributed by atoms with Crippen molar-refractivity contribution in [3.05, 3.63) is 44.4 Å². The standard InChI is InChI=1S/C20H20N2O5S2/c1-4-20(3)12-13(28-15-14(20)29-19(26)21-15)17(24)22(16(12)23)11-8-6-10(7-9-11)18(25)27-5-2/h6-9,12-13H,4-5H2,1-3H3,(H,21,26)/t12-,13-,20-/m1/s1. The zero-order valence-electron chi connectivity index (χ0n) is 16.2. The van der Waals surface area contributed by atoms with Gasteiger partial charge >= 0.3 is 10.8 Å². The van der Waals surface area contributed by atoms with Gasteiger partial charge in [0.05, 0.1) is 28.8 Å². The second-order valence-corrected chi connectivity index (χ2v) is 9.37. The van der Waals surface area contributed by atoms with E-state index in [1.54, 1.807) is 31.2 Å². The average Bonchev–Trinajstić information content (AvgIpc) is 3.20. The van der Waals surface area contributed by atoms with Gasteiger partial charge in [-0.2, -0.15) is 0 Å². The van der Waals surface area contributed by atoms with E-state index >= 15 is 0 Å². The number of amides is 2. The fourth-order valence-electron chi connectivity index (χ4n) is 4.01. The zero-order valence-corrected chi connectivity index (χ0v) is 17.8. The van der Waals surface area contributed by atoms with Crippen LogP contribution in [-0.4, -0.2) is 34.6 Å². The molecule has 2 aliphatic heterocycles. The summed E-state index contributed by atoms with van der Waals surface area (Å²) in [4.78, 5) is 55.0. The first-order chi connectivity index (χ1) is 13.8. The van der Waals surface area contributed by atoms with Crippen molar-refractivity contribution in [2.24, 2.45) is 5.92 Å². The molecule has 3 atom stereocenters. The van der Waals surface area contributed by atoms with E-state index in [-0.39, 0.29) is 23.3 Å². The molecule has 1 N–H and O–H groups in total. The second kappa shape index (κ2) is 7.14. The highest BCUT2D eigenvalue weighted by molar-refractivity contribution is 8.00. The summed E-state index contributed by atoms with van der Waals surface area (Å²) in [6.07, 6.45) is 0.629. The van der Waals surface area contributed by atoms with Gasteiger partial charge in [-0.15, -0.1) is 0 Å². The first kappa shape index (κ1) is 19.9. The molecule has 0 bridgehead atoms. The van der Waals surface area contributed by atoms with Crippen molar-refractivity contribution < 1.29 is 19.1 Å². The molecule has 7 nitrogen and oxygen atoms in total. The van der Waals surface area contributed by atoms with Crippen molar-refractivity contribution >= 4 is 46.6 Å². The van der Waals surface area contributed by atoms with Gasteiger partial charge in [0.25, 0.3) is 0 Å². The number of carbonyl (C=O) groups is 3. The van der Waals surface area contributed by atoms with Crippen LogP contribution in [0.4, 0.5) is 5.69 Å². The number of nitrogens with one attached hydrogen (secondary N) is 1. The van der Waals surface area contributed by atoms with E-state index in [1.807, 2.05) is 13.8 Å². The molecule has 1 aromatic heterocycles. The van der Waals surface area contributed by atoms with Gasteiger partial charge in [0.1, 0.15) is 5.25 Å². The highest BCUT2D eigenvalue weighted by atomic mass is 32.2. The molecule has 29 heavy (non-hydrogen) atoms. The van der Waals surface area contributed by atoms with E-state index in [0.717, 1.165) is 16.2 Å². The largest absolute Gasteiger partial charge is 0.462 e. The number of benzene rings is 1. The number of esters is 1. The maximum Gasteiger partial charge on any atom is 0.338 e. The van der Waals surface area contributed by atoms with Gasteiger partial charge in [-0.05, 0) is 37.6 Å². The molecule has 0 spiro atoms. The lowest BCUT2D eigenvalue weighted by Gasteiger charge is -2.38. The van der Waals surface area contributed by atoms with Gasteiger partial charge in [-0.25, -0.2) is 9.69 Å². The van der Waals surface area contributed by atoms with Crippen molar-refractivity contribution in [1.29, 1.82) is 0 Å². The number of imide groups is 1. The van der Waals surface area contributed by atoms with Crippen molar-refractivity contribution in [3.63, 3.8) is 0 Å². The van der Waals surface area contributed by atoms with Gasteiger partial charge in [0.2, 0.25) is 11.8 Å². The number of aromatic nitrogens is 1.